The average molecular weight is 401 g/mol. The number of rotatable bonds is 5. The van der Waals surface area contributed by atoms with E-state index in [2.05, 4.69) is 16.0 Å². The maximum atomic E-state index is 14.0. The number of methoxy groups -OCH3 is 2. The van der Waals surface area contributed by atoms with E-state index in [0.717, 1.165) is 0 Å². The summed E-state index contributed by atoms with van der Waals surface area (Å²) in [6.07, 6.45) is 0. The molecule has 2 aromatic carbocycles. The number of para-hydroxylation sites is 2. The Balaban J connectivity index is 2.05. The summed E-state index contributed by atoms with van der Waals surface area (Å²) in [7, 11) is 3.06. The Morgan fingerprint density at radius 2 is 1.89 bits per heavy atom. The van der Waals surface area contributed by atoms with Gasteiger partial charge in [0.1, 0.15) is 5.82 Å². The van der Waals surface area contributed by atoms with Gasteiger partial charge in [0.2, 0.25) is 0 Å². The van der Waals surface area contributed by atoms with Crippen LogP contribution in [0, 0.1) is 5.82 Å². The lowest BCUT2D eigenvalue weighted by Crippen LogP contribution is -2.45. The van der Waals surface area contributed by atoms with Crippen molar-refractivity contribution in [1.29, 1.82) is 0 Å². The van der Waals surface area contributed by atoms with Gasteiger partial charge in [0.15, 0.2) is 16.6 Å². The number of allylic oxidation sites excluding steroid dienone is 1. The van der Waals surface area contributed by atoms with E-state index in [1.54, 1.807) is 31.2 Å². The second kappa shape index (κ2) is 8.26. The van der Waals surface area contributed by atoms with Crippen LogP contribution in [0.25, 0.3) is 0 Å². The molecule has 0 bridgehead atoms. The Bertz CT molecular complexity index is 961. The van der Waals surface area contributed by atoms with Crippen molar-refractivity contribution in [3.05, 3.63) is 65.1 Å². The van der Waals surface area contributed by atoms with E-state index in [1.165, 1.54) is 26.4 Å². The van der Waals surface area contributed by atoms with Gasteiger partial charge in [0, 0.05) is 11.3 Å². The van der Waals surface area contributed by atoms with Crippen LogP contribution in [-0.4, -0.2) is 25.2 Å². The van der Waals surface area contributed by atoms with Crippen molar-refractivity contribution in [3.8, 4) is 11.5 Å². The molecule has 0 fully saturated rings. The quantitative estimate of drug-likeness (QED) is 0.668. The fraction of sp³-hybridized carbons (Fsp3) is 0.200. The Kier molecular flexibility index (Phi) is 5.79. The van der Waals surface area contributed by atoms with Crippen molar-refractivity contribution >= 4 is 28.9 Å². The average Bonchev–Trinajstić information content (AvgIpc) is 2.68. The Labute approximate surface area is 167 Å². The molecule has 0 aliphatic carbocycles. The zero-order valence-corrected chi connectivity index (χ0v) is 16.4. The predicted molar refractivity (Wildman–Crippen MR) is 109 cm³/mol. The largest absolute Gasteiger partial charge is 0.493 e. The highest BCUT2D eigenvalue weighted by Gasteiger charge is 2.32. The SMILES string of the molecule is COc1cccc(C2NC(=S)NC(C)=C2C(=O)Nc2ccccc2F)c1OC. The van der Waals surface area contributed by atoms with Crippen LogP contribution in [0.15, 0.2) is 53.7 Å². The molecule has 0 spiro atoms. The van der Waals surface area contributed by atoms with Gasteiger partial charge in [-0.2, -0.15) is 0 Å². The van der Waals surface area contributed by atoms with Gasteiger partial charge in [-0.15, -0.1) is 0 Å². The fourth-order valence-electron chi connectivity index (χ4n) is 3.12. The number of nitrogens with one attached hydrogen (secondary N) is 3. The normalized spacial score (nSPS) is 16.1. The van der Waals surface area contributed by atoms with Gasteiger partial charge >= 0.3 is 0 Å². The fourth-order valence-corrected chi connectivity index (χ4v) is 3.39. The third kappa shape index (κ3) is 3.77. The minimum absolute atomic E-state index is 0.0947. The van der Waals surface area contributed by atoms with Crippen molar-refractivity contribution in [2.45, 2.75) is 13.0 Å². The molecular formula is C20H20FN3O3S. The molecule has 0 saturated carbocycles. The molecule has 0 saturated heterocycles. The molecular weight excluding hydrogens is 381 g/mol. The first-order valence-corrected chi connectivity index (χ1v) is 8.92. The second-order valence-corrected chi connectivity index (χ2v) is 6.50. The third-order valence-electron chi connectivity index (χ3n) is 4.38. The van der Waals surface area contributed by atoms with Crippen molar-refractivity contribution in [3.63, 3.8) is 0 Å². The standard InChI is InChI=1S/C20H20FN3O3S/c1-11-16(19(25)23-14-9-5-4-8-13(14)21)17(24-20(28)22-11)12-7-6-10-15(26-2)18(12)27-3/h4-10,17H,1-3H3,(H,23,25)(H2,22,24,28). The molecule has 1 heterocycles. The molecule has 2 aromatic rings. The van der Waals surface area contributed by atoms with Crippen LogP contribution in [-0.2, 0) is 4.79 Å². The third-order valence-corrected chi connectivity index (χ3v) is 4.60. The smallest absolute Gasteiger partial charge is 0.255 e. The van der Waals surface area contributed by atoms with E-state index in [-0.39, 0.29) is 5.69 Å². The number of halogens is 1. The van der Waals surface area contributed by atoms with E-state index < -0.39 is 17.8 Å². The molecule has 28 heavy (non-hydrogen) atoms. The Morgan fingerprint density at radius 1 is 1.14 bits per heavy atom. The number of carbonyl (C=O) groups excluding carboxylic acids is 1. The lowest BCUT2D eigenvalue weighted by Gasteiger charge is -2.31. The van der Waals surface area contributed by atoms with Crippen molar-refractivity contribution in [2.75, 3.05) is 19.5 Å². The monoisotopic (exact) mass is 401 g/mol. The number of amides is 1. The van der Waals surface area contributed by atoms with E-state index in [0.29, 0.717) is 33.4 Å². The number of thiocarbonyl (C=S) groups is 1. The number of hydrogen-bond donors (Lipinski definition) is 3. The Hall–Kier alpha value is -3.13. The lowest BCUT2D eigenvalue weighted by molar-refractivity contribution is -0.113. The number of carbonyl (C=O) groups is 1. The zero-order chi connectivity index (χ0) is 20.3. The molecule has 1 aliphatic rings. The van der Waals surface area contributed by atoms with Crippen molar-refractivity contribution in [1.82, 2.24) is 10.6 Å². The summed E-state index contributed by atoms with van der Waals surface area (Å²) in [6.45, 7) is 1.74. The van der Waals surface area contributed by atoms with Crippen LogP contribution in [0.4, 0.5) is 10.1 Å². The molecule has 3 rings (SSSR count). The van der Waals surface area contributed by atoms with Crippen LogP contribution >= 0.6 is 12.2 Å². The molecule has 1 amide bonds. The van der Waals surface area contributed by atoms with Crippen LogP contribution < -0.4 is 25.4 Å². The van der Waals surface area contributed by atoms with Gasteiger partial charge in [0.25, 0.3) is 5.91 Å². The summed E-state index contributed by atoms with van der Waals surface area (Å²) < 4.78 is 24.9. The van der Waals surface area contributed by atoms with Gasteiger partial charge < -0.3 is 25.4 Å². The lowest BCUT2D eigenvalue weighted by atomic mass is 9.93. The van der Waals surface area contributed by atoms with Gasteiger partial charge in [-0.25, -0.2) is 4.39 Å². The van der Waals surface area contributed by atoms with E-state index in [4.69, 9.17) is 21.7 Å². The van der Waals surface area contributed by atoms with Crippen molar-refractivity contribution in [2.24, 2.45) is 0 Å². The number of ether oxygens (including phenoxy) is 2. The summed E-state index contributed by atoms with van der Waals surface area (Å²) in [6, 6.07) is 10.8. The minimum Gasteiger partial charge on any atom is -0.493 e. The van der Waals surface area contributed by atoms with Gasteiger partial charge in [-0.05, 0) is 37.3 Å². The topological polar surface area (TPSA) is 71.6 Å². The minimum atomic E-state index is -0.606. The first-order valence-electron chi connectivity index (χ1n) is 8.51. The molecule has 0 radical (unpaired) electrons. The zero-order valence-electron chi connectivity index (χ0n) is 15.6. The van der Waals surface area contributed by atoms with Crippen LogP contribution in [0.5, 0.6) is 11.5 Å². The molecule has 1 unspecified atom stereocenters. The highest BCUT2D eigenvalue weighted by Crippen LogP contribution is 2.39. The molecule has 3 N–H and O–H groups in total. The molecule has 8 heteroatoms. The number of hydrogen-bond acceptors (Lipinski definition) is 4. The van der Waals surface area contributed by atoms with Crippen LogP contribution in [0.2, 0.25) is 0 Å². The molecule has 1 aliphatic heterocycles. The summed E-state index contributed by atoms with van der Waals surface area (Å²) in [5.41, 5.74) is 1.69. The number of anilines is 1. The van der Waals surface area contributed by atoms with E-state index >= 15 is 0 Å². The molecule has 6 nitrogen and oxygen atoms in total. The van der Waals surface area contributed by atoms with E-state index in [9.17, 15) is 9.18 Å². The first kappa shape index (κ1) is 19.6. The molecule has 146 valence electrons. The highest BCUT2D eigenvalue weighted by molar-refractivity contribution is 7.80. The predicted octanol–water partition coefficient (Wildman–Crippen LogP) is 3.27. The van der Waals surface area contributed by atoms with E-state index in [1.807, 2.05) is 6.07 Å². The van der Waals surface area contributed by atoms with Gasteiger partial charge in [0.05, 0.1) is 31.5 Å². The van der Waals surface area contributed by atoms with Gasteiger partial charge in [-0.3, -0.25) is 4.79 Å². The summed E-state index contributed by atoms with van der Waals surface area (Å²) in [5.74, 6) is 0.0331. The summed E-state index contributed by atoms with van der Waals surface area (Å²) in [4.78, 5) is 13.0. The second-order valence-electron chi connectivity index (χ2n) is 6.09. The van der Waals surface area contributed by atoms with Crippen molar-refractivity contribution < 1.29 is 18.7 Å². The first-order chi connectivity index (χ1) is 13.5. The number of benzene rings is 2. The van der Waals surface area contributed by atoms with Crippen LogP contribution in [0.1, 0.15) is 18.5 Å². The maximum absolute atomic E-state index is 14.0. The summed E-state index contributed by atoms with van der Waals surface area (Å²) >= 11 is 5.27. The molecule has 1 atom stereocenters. The molecule has 0 aromatic heterocycles. The Morgan fingerprint density at radius 3 is 2.57 bits per heavy atom. The van der Waals surface area contributed by atoms with Crippen LogP contribution in [0.3, 0.4) is 0 Å². The maximum Gasteiger partial charge on any atom is 0.255 e. The highest BCUT2D eigenvalue weighted by atomic mass is 32.1. The van der Waals surface area contributed by atoms with Gasteiger partial charge in [-0.1, -0.05) is 24.3 Å². The summed E-state index contributed by atoms with van der Waals surface area (Å²) in [5, 5.41) is 9.04.